The third kappa shape index (κ3) is 5.54. The fraction of sp³-hybridized carbons (Fsp3) is 0.830. The fourth-order valence-electron chi connectivity index (χ4n) is 18.3. The van der Waals surface area contributed by atoms with Gasteiger partial charge in [0.1, 0.15) is 0 Å². The van der Waals surface area contributed by atoms with Crippen LogP contribution in [0.1, 0.15) is 181 Å². The highest BCUT2D eigenvalue weighted by molar-refractivity contribution is 5.74. The summed E-state index contributed by atoms with van der Waals surface area (Å²) in [6, 6.07) is 10.5. The second-order valence-electron chi connectivity index (χ2n) is 23.4. The van der Waals surface area contributed by atoms with E-state index >= 15 is 0 Å². The number of aliphatic hydroxyl groups excluding tert-OH is 2. The normalized spacial score (nSPS) is 50.3. The van der Waals surface area contributed by atoms with E-state index in [1.165, 1.54) is 44.9 Å². The van der Waals surface area contributed by atoms with Gasteiger partial charge >= 0.3 is 5.97 Å². The molecule has 4 bridgehead atoms. The second kappa shape index (κ2) is 14.6. The molecule has 0 amide bonds. The highest BCUT2D eigenvalue weighted by Gasteiger charge is 2.87. The molecule has 1 saturated heterocycles. The van der Waals surface area contributed by atoms with Crippen molar-refractivity contribution in [1.29, 1.82) is 0 Å². The SMILES string of the molecule is CCC[C@H]1[C@@]23CC[C@@]45C#CC[C@H](CCC6CCCCC6)CC[C@@]6(CC[C@@]4(C)[C@]2(CO)[C@H](O)C[C@]1(O)O[C@H]3Cc1ccccc1)[C@@H]1C[C@](C)(C(=O)O)CC[C@@]1(C)CC[C@@]65C. The van der Waals surface area contributed by atoms with Crippen LogP contribution in [-0.4, -0.2) is 51.0 Å². The Morgan fingerprint density at radius 2 is 1.53 bits per heavy atom. The summed E-state index contributed by atoms with van der Waals surface area (Å²) in [7, 11) is 0. The van der Waals surface area contributed by atoms with Gasteiger partial charge in [0, 0.05) is 35.0 Å². The van der Waals surface area contributed by atoms with E-state index in [2.05, 4.69) is 63.8 Å². The highest BCUT2D eigenvalue weighted by atomic mass is 16.6. The maximum Gasteiger partial charge on any atom is 0.309 e. The lowest BCUT2D eigenvalue weighted by atomic mass is 9.21. The van der Waals surface area contributed by atoms with Crippen molar-refractivity contribution in [1.82, 2.24) is 0 Å². The number of aliphatic hydroxyl groups is 3. The van der Waals surface area contributed by atoms with Gasteiger partial charge in [-0.15, -0.1) is 5.92 Å². The molecule has 4 N–H and O–H groups in total. The molecule has 1 aromatic rings. The number of rotatable bonds is 9. The molecule has 1 heterocycles. The lowest BCUT2D eigenvalue weighted by Gasteiger charge is -2.81. The maximum atomic E-state index is 13.2. The summed E-state index contributed by atoms with van der Waals surface area (Å²) >= 11 is 0. The first-order chi connectivity index (χ1) is 28.1. The van der Waals surface area contributed by atoms with Gasteiger partial charge in [-0.25, -0.2) is 0 Å². The summed E-state index contributed by atoms with van der Waals surface area (Å²) in [5, 5.41) is 49.2. The van der Waals surface area contributed by atoms with Crippen molar-refractivity contribution < 1.29 is 30.0 Å². The van der Waals surface area contributed by atoms with Crippen LogP contribution in [0.15, 0.2) is 30.3 Å². The second-order valence-corrected chi connectivity index (χ2v) is 23.4. The molecule has 14 atom stereocenters. The summed E-state index contributed by atoms with van der Waals surface area (Å²) in [4.78, 5) is 13.2. The third-order valence-corrected chi connectivity index (χ3v) is 21.5. The molecule has 8 aliphatic rings. The average molecular weight is 811 g/mol. The Morgan fingerprint density at radius 3 is 2.24 bits per heavy atom. The van der Waals surface area contributed by atoms with E-state index in [0.29, 0.717) is 12.3 Å². The van der Waals surface area contributed by atoms with E-state index in [1.54, 1.807) is 0 Å². The minimum atomic E-state index is -1.46. The molecular weight excluding hydrogens is 733 g/mol. The zero-order valence-electron chi connectivity index (χ0n) is 37.4. The molecule has 0 aromatic heterocycles. The van der Waals surface area contributed by atoms with Gasteiger partial charge in [0.15, 0.2) is 5.79 Å². The molecule has 6 saturated carbocycles. The Hall–Kier alpha value is -1.91. The van der Waals surface area contributed by atoms with Crippen LogP contribution < -0.4 is 0 Å². The van der Waals surface area contributed by atoms with Crippen molar-refractivity contribution >= 4 is 5.97 Å². The number of hydrogen-bond acceptors (Lipinski definition) is 5. The Balaban J connectivity index is 1.23. The van der Waals surface area contributed by atoms with Crippen molar-refractivity contribution in [2.75, 3.05) is 6.61 Å². The molecule has 0 radical (unpaired) electrons. The van der Waals surface area contributed by atoms with Crippen LogP contribution in [0.3, 0.4) is 0 Å². The number of benzene rings is 1. The number of aliphatic carboxylic acids is 1. The molecular formula is C53H78O6. The number of carbonyl (C=O) groups is 1. The summed E-state index contributed by atoms with van der Waals surface area (Å²) in [6.07, 6.45) is 21.5. The van der Waals surface area contributed by atoms with Gasteiger partial charge in [-0.05, 0) is 142 Å². The number of carboxylic acids is 1. The van der Waals surface area contributed by atoms with E-state index < -0.39 is 44.9 Å². The van der Waals surface area contributed by atoms with Crippen molar-refractivity contribution in [3.8, 4) is 11.8 Å². The maximum absolute atomic E-state index is 13.2. The van der Waals surface area contributed by atoms with E-state index in [1.807, 2.05) is 13.0 Å². The van der Waals surface area contributed by atoms with Gasteiger partial charge in [-0.2, -0.15) is 0 Å². The van der Waals surface area contributed by atoms with Gasteiger partial charge in [-0.1, -0.05) is 109 Å². The van der Waals surface area contributed by atoms with E-state index in [-0.39, 0.29) is 47.2 Å². The van der Waals surface area contributed by atoms with E-state index in [0.717, 1.165) is 101 Å². The van der Waals surface area contributed by atoms with Crippen LogP contribution in [-0.2, 0) is 16.0 Å². The van der Waals surface area contributed by atoms with Crippen molar-refractivity contribution in [2.45, 2.75) is 200 Å². The van der Waals surface area contributed by atoms with Crippen LogP contribution in [0, 0.1) is 78.8 Å². The molecule has 6 heteroatoms. The lowest BCUT2D eigenvalue weighted by molar-refractivity contribution is -0.357. The van der Waals surface area contributed by atoms with Crippen molar-refractivity contribution in [2.24, 2.45) is 67.0 Å². The van der Waals surface area contributed by atoms with Crippen LogP contribution in [0.2, 0.25) is 0 Å². The van der Waals surface area contributed by atoms with Gasteiger partial charge < -0.3 is 25.2 Å². The van der Waals surface area contributed by atoms with E-state index in [4.69, 9.17) is 4.74 Å². The lowest BCUT2D eigenvalue weighted by Crippen LogP contribution is -2.80. The zero-order chi connectivity index (χ0) is 41.7. The van der Waals surface area contributed by atoms with Crippen LogP contribution in [0.5, 0.6) is 0 Å². The van der Waals surface area contributed by atoms with Crippen molar-refractivity contribution in [3.05, 3.63) is 35.9 Å². The van der Waals surface area contributed by atoms with Crippen LogP contribution >= 0.6 is 0 Å². The van der Waals surface area contributed by atoms with E-state index in [9.17, 15) is 25.2 Å². The molecule has 6 nitrogen and oxygen atoms in total. The third-order valence-electron chi connectivity index (χ3n) is 21.5. The first-order valence-corrected chi connectivity index (χ1v) is 24.5. The zero-order valence-corrected chi connectivity index (χ0v) is 37.4. The fourth-order valence-corrected chi connectivity index (χ4v) is 18.3. The Kier molecular flexibility index (Phi) is 10.5. The smallest absolute Gasteiger partial charge is 0.309 e. The molecule has 1 aliphatic heterocycles. The standard InChI is InChI=1S/C53H78O6/c1-6-14-40-51-32-31-50-23-13-19-38(21-20-37-15-9-7-10-16-37)22-24-49(41-34-46(3,44(56)57)26-25-45(41,2)27-28-47(49,50)4)30-29-48(50,5)52(51,36-54)42(55)35-53(40,58)59-43(51)33-39-17-11-8-12-18-39/h8,11-12,17-18,37-38,40-43,54-55,58H,6-7,9-10,14-16,19-22,24-36H2,1-5H3,(H,56,57)/t38-,40+,41-,42-,43+,45+,46-,47+,48-,49-,50-,51-,52+,53+/m1/s1. The van der Waals surface area contributed by atoms with Gasteiger partial charge in [-0.3, -0.25) is 4.79 Å². The Morgan fingerprint density at radius 1 is 0.814 bits per heavy atom. The van der Waals surface area contributed by atoms with Gasteiger partial charge in [0.2, 0.25) is 0 Å². The van der Waals surface area contributed by atoms with Crippen LogP contribution in [0.25, 0.3) is 0 Å². The minimum absolute atomic E-state index is 0.0696. The Bertz CT molecular complexity index is 1810. The summed E-state index contributed by atoms with van der Waals surface area (Å²) in [6.45, 7) is 11.6. The molecule has 9 rings (SSSR count). The molecule has 7 fully saturated rings. The molecule has 59 heavy (non-hydrogen) atoms. The predicted molar refractivity (Wildman–Crippen MR) is 232 cm³/mol. The molecule has 2 spiro atoms. The quantitative estimate of drug-likeness (QED) is 0.185. The summed E-state index contributed by atoms with van der Waals surface area (Å²) in [5.74, 6) is 7.62. The largest absolute Gasteiger partial charge is 0.481 e. The monoisotopic (exact) mass is 811 g/mol. The predicted octanol–water partition coefficient (Wildman–Crippen LogP) is 10.9. The molecule has 7 aliphatic carbocycles. The first-order valence-electron chi connectivity index (χ1n) is 24.5. The van der Waals surface area contributed by atoms with Gasteiger partial charge in [0.05, 0.1) is 24.2 Å². The number of ether oxygens (including phenoxy) is 1. The van der Waals surface area contributed by atoms with Crippen LogP contribution in [0.4, 0.5) is 0 Å². The van der Waals surface area contributed by atoms with Gasteiger partial charge in [0.25, 0.3) is 0 Å². The minimum Gasteiger partial charge on any atom is -0.481 e. The highest BCUT2D eigenvalue weighted by Crippen LogP contribution is 2.88. The molecule has 326 valence electrons. The Labute approximate surface area is 356 Å². The molecule has 0 unspecified atom stereocenters. The average Bonchev–Trinajstić information content (AvgIpc) is 3.40. The number of carboxylic acid groups (broad SMARTS) is 1. The van der Waals surface area contributed by atoms with Crippen molar-refractivity contribution in [3.63, 3.8) is 0 Å². The summed E-state index contributed by atoms with van der Waals surface area (Å²) < 4.78 is 7.03. The topological polar surface area (TPSA) is 107 Å². The number of fused-ring (bicyclic) bond motifs is 3. The first kappa shape index (κ1) is 42.4. The summed E-state index contributed by atoms with van der Waals surface area (Å²) in [5.41, 5.74) is -2.61. The molecule has 1 aromatic carbocycles. The number of hydrogen-bond donors (Lipinski definition) is 4.